The Morgan fingerprint density at radius 2 is 2.29 bits per heavy atom. The van der Waals surface area contributed by atoms with Crippen LogP contribution in [0.4, 0.5) is 0 Å². The molecule has 0 radical (unpaired) electrons. The molecule has 0 N–H and O–H groups in total. The molecule has 0 bridgehead atoms. The number of fused-ring (bicyclic) bond motifs is 1. The third-order valence-corrected chi connectivity index (χ3v) is 3.96. The van der Waals surface area contributed by atoms with Gasteiger partial charge in [-0.25, -0.2) is 0 Å². The Kier molecular flexibility index (Phi) is 2.67. The highest BCUT2D eigenvalue weighted by Crippen LogP contribution is 2.23. The molecule has 2 fully saturated rings. The number of piperazine rings is 1. The van der Waals surface area contributed by atoms with Gasteiger partial charge in [-0.3, -0.25) is 9.69 Å². The number of hydrogen-bond acceptors (Lipinski definition) is 3. The second-order valence-corrected chi connectivity index (χ2v) is 4.97. The molecule has 1 unspecified atom stereocenters. The zero-order valence-electron chi connectivity index (χ0n) is 10.2. The van der Waals surface area contributed by atoms with E-state index in [1.54, 1.807) is 12.3 Å². The zero-order valence-corrected chi connectivity index (χ0v) is 10.2. The van der Waals surface area contributed by atoms with Gasteiger partial charge in [0, 0.05) is 25.7 Å². The molecule has 1 aromatic heterocycles. The molecular weight excluding hydrogens is 216 g/mol. The lowest BCUT2D eigenvalue weighted by atomic mass is 10.1. The van der Waals surface area contributed by atoms with E-state index in [2.05, 4.69) is 4.90 Å². The third kappa shape index (κ3) is 1.86. The van der Waals surface area contributed by atoms with Crippen LogP contribution < -0.4 is 0 Å². The molecule has 0 saturated carbocycles. The number of nitrogens with zero attached hydrogens (tertiary/aromatic N) is 2. The highest BCUT2D eigenvalue weighted by molar-refractivity contribution is 5.95. The van der Waals surface area contributed by atoms with E-state index in [1.165, 1.54) is 19.4 Å². The maximum absolute atomic E-state index is 12.3. The van der Waals surface area contributed by atoms with Crippen LogP contribution in [-0.4, -0.2) is 47.9 Å². The van der Waals surface area contributed by atoms with Crippen LogP contribution in [0.5, 0.6) is 0 Å². The van der Waals surface area contributed by atoms with E-state index in [1.807, 2.05) is 11.8 Å². The largest absolute Gasteiger partial charge is 0.469 e. The van der Waals surface area contributed by atoms with Crippen molar-refractivity contribution in [2.45, 2.75) is 25.8 Å². The first-order valence-electron chi connectivity index (χ1n) is 6.33. The first kappa shape index (κ1) is 10.8. The highest BCUT2D eigenvalue weighted by Gasteiger charge is 2.33. The molecular formula is C13H18N2O2. The van der Waals surface area contributed by atoms with Gasteiger partial charge in [-0.15, -0.1) is 0 Å². The van der Waals surface area contributed by atoms with Gasteiger partial charge in [0.05, 0.1) is 11.8 Å². The summed E-state index contributed by atoms with van der Waals surface area (Å²) < 4.78 is 5.21. The van der Waals surface area contributed by atoms with Gasteiger partial charge >= 0.3 is 0 Å². The van der Waals surface area contributed by atoms with Crippen LogP contribution in [0, 0.1) is 6.92 Å². The first-order chi connectivity index (χ1) is 8.25. The summed E-state index contributed by atoms with van der Waals surface area (Å²) in [6, 6.07) is 2.36. The van der Waals surface area contributed by atoms with E-state index in [-0.39, 0.29) is 5.91 Å². The molecule has 4 heteroatoms. The summed E-state index contributed by atoms with van der Waals surface area (Å²) in [5.41, 5.74) is 0.719. The van der Waals surface area contributed by atoms with E-state index < -0.39 is 0 Å². The molecule has 3 rings (SSSR count). The minimum absolute atomic E-state index is 0.128. The molecule has 0 spiro atoms. The predicted octanol–water partition coefficient (Wildman–Crippen LogP) is 1.51. The van der Waals surface area contributed by atoms with E-state index in [4.69, 9.17) is 4.42 Å². The quantitative estimate of drug-likeness (QED) is 0.739. The monoisotopic (exact) mass is 234 g/mol. The smallest absolute Gasteiger partial charge is 0.257 e. The van der Waals surface area contributed by atoms with E-state index in [0.29, 0.717) is 6.04 Å². The van der Waals surface area contributed by atoms with Crippen LogP contribution in [0.3, 0.4) is 0 Å². The number of furan rings is 1. The van der Waals surface area contributed by atoms with Crippen molar-refractivity contribution in [1.29, 1.82) is 0 Å². The molecule has 0 aromatic carbocycles. The van der Waals surface area contributed by atoms with Crippen LogP contribution in [0.25, 0.3) is 0 Å². The SMILES string of the molecule is Cc1occc1C(=O)N1CCN2CCCC2C1. The van der Waals surface area contributed by atoms with Crippen LogP contribution in [0.1, 0.15) is 29.0 Å². The molecule has 4 nitrogen and oxygen atoms in total. The fourth-order valence-electron chi connectivity index (χ4n) is 2.95. The van der Waals surface area contributed by atoms with Gasteiger partial charge in [0.25, 0.3) is 5.91 Å². The summed E-state index contributed by atoms with van der Waals surface area (Å²) in [4.78, 5) is 16.8. The summed E-state index contributed by atoms with van der Waals surface area (Å²) in [5, 5.41) is 0. The van der Waals surface area contributed by atoms with Gasteiger partial charge < -0.3 is 9.32 Å². The van der Waals surface area contributed by atoms with Crippen molar-refractivity contribution in [3.63, 3.8) is 0 Å². The van der Waals surface area contributed by atoms with Crippen molar-refractivity contribution < 1.29 is 9.21 Å². The summed E-state index contributed by atoms with van der Waals surface area (Å²) in [6.45, 7) is 5.80. The Labute approximate surface area is 101 Å². The Morgan fingerprint density at radius 1 is 1.41 bits per heavy atom. The maximum Gasteiger partial charge on any atom is 0.257 e. The average molecular weight is 234 g/mol. The molecule has 17 heavy (non-hydrogen) atoms. The van der Waals surface area contributed by atoms with Crippen molar-refractivity contribution in [3.05, 3.63) is 23.7 Å². The summed E-state index contributed by atoms with van der Waals surface area (Å²) >= 11 is 0. The van der Waals surface area contributed by atoms with E-state index in [0.717, 1.165) is 31.0 Å². The van der Waals surface area contributed by atoms with E-state index in [9.17, 15) is 4.79 Å². The molecule has 1 amide bonds. The lowest BCUT2D eigenvalue weighted by Gasteiger charge is -2.37. The van der Waals surface area contributed by atoms with Gasteiger partial charge in [-0.1, -0.05) is 0 Å². The topological polar surface area (TPSA) is 36.7 Å². The number of amides is 1. The summed E-state index contributed by atoms with van der Waals surface area (Å²) in [6.07, 6.45) is 4.10. The Bertz CT molecular complexity index is 427. The molecule has 2 aliphatic heterocycles. The molecule has 0 aliphatic carbocycles. The lowest BCUT2D eigenvalue weighted by molar-refractivity contribution is 0.0569. The van der Waals surface area contributed by atoms with Crippen LogP contribution in [0.15, 0.2) is 16.7 Å². The molecule has 1 aromatic rings. The highest BCUT2D eigenvalue weighted by atomic mass is 16.3. The molecule has 2 saturated heterocycles. The Morgan fingerprint density at radius 3 is 3.06 bits per heavy atom. The molecule has 92 valence electrons. The van der Waals surface area contributed by atoms with Crippen molar-refractivity contribution in [2.75, 3.05) is 26.2 Å². The van der Waals surface area contributed by atoms with Crippen molar-refractivity contribution >= 4 is 5.91 Å². The number of aryl methyl sites for hydroxylation is 1. The van der Waals surface area contributed by atoms with Gasteiger partial charge in [-0.05, 0) is 32.4 Å². The fourth-order valence-corrected chi connectivity index (χ4v) is 2.95. The fraction of sp³-hybridized carbons (Fsp3) is 0.615. The minimum Gasteiger partial charge on any atom is -0.469 e. The minimum atomic E-state index is 0.128. The zero-order chi connectivity index (χ0) is 11.8. The Balaban J connectivity index is 1.73. The van der Waals surface area contributed by atoms with Gasteiger partial charge in [0.1, 0.15) is 5.76 Å². The molecule has 1 atom stereocenters. The number of rotatable bonds is 1. The number of hydrogen-bond donors (Lipinski definition) is 0. The van der Waals surface area contributed by atoms with E-state index >= 15 is 0 Å². The second-order valence-electron chi connectivity index (χ2n) is 4.97. The van der Waals surface area contributed by atoms with Crippen LogP contribution >= 0.6 is 0 Å². The Hall–Kier alpha value is -1.29. The van der Waals surface area contributed by atoms with Crippen molar-refractivity contribution in [1.82, 2.24) is 9.80 Å². The summed E-state index contributed by atoms with van der Waals surface area (Å²) in [7, 11) is 0. The lowest BCUT2D eigenvalue weighted by Crippen LogP contribution is -2.52. The van der Waals surface area contributed by atoms with Crippen LogP contribution in [0.2, 0.25) is 0 Å². The van der Waals surface area contributed by atoms with Gasteiger partial charge in [0.2, 0.25) is 0 Å². The number of carbonyl (C=O) groups is 1. The summed E-state index contributed by atoms with van der Waals surface area (Å²) in [5.74, 6) is 0.853. The standard InChI is InChI=1S/C13H18N2O2/c1-10-12(4-8-17-10)13(16)15-7-6-14-5-2-3-11(14)9-15/h4,8,11H,2-3,5-7,9H2,1H3. The number of carbonyl (C=O) groups excluding carboxylic acids is 1. The third-order valence-electron chi connectivity index (χ3n) is 3.96. The normalized spacial score (nSPS) is 25.0. The second kappa shape index (κ2) is 4.18. The van der Waals surface area contributed by atoms with Crippen molar-refractivity contribution in [2.24, 2.45) is 0 Å². The molecule has 2 aliphatic rings. The van der Waals surface area contributed by atoms with Gasteiger partial charge in [-0.2, -0.15) is 0 Å². The first-order valence-corrected chi connectivity index (χ1v) is 6.33. The van der Waals surface area contributed by atoms with Gasteiger partial charge in [0.15, 0.2) is 0 Å². The van der Waals surface area contributed by atoms with Crippen LogP contribution in [-0.2, 0) is 0 Å². The molecule has 3 heterocycles. The average Bonchev–Trinajstić information content (AvgIpc) is 2.95. The van der Waals surface area contributed by atoms with Crippen molar-refractivity contribution in [3.8, 4) is 0 Å². The predicted molar refractivity (Wildman–Crippen MR) is 63.9 cm³/mol. The maximum atomic E-state index is 12.3.